The Morgan fingerprint density at radius 1 is 1.43 bits per heavy atom. The average molecular weight is 339 g/mol. The first kappa shape index (κ1) is 17.8. The molecule has 2 heterocycles. The highest BCUT2D eigenvalue weighted by Gasteiger charge is 2.35. The number of ether oxygens (including phenoxy) is 1. The van der Waals surface area contributed by atoms with Crippen LogP contribution in [0.15, 0.2) is 28.7 Å². The Kier molecular flexibility index (Phi) is 5.68. The van der Waals surface area contributed by atoms with Gasteiger partial charge in [-0.2, -0.15) is 0 Å². The summed E-state index contributed by atoms with van der Waals surface area (Å²) in [6.45, 7) is 3.73. The molecular weight excluding hydrogens is 316 g/mol. The molecule has 1 amide bonds. The highest BCUT2D eigenvalue weighted by atomic mass is 35.5. The van der Waals surface area contributed by atoms with Crippen LogP contribution in [0.3, 0.4) is 0 Å². The molecule has 2 unspecified atom stereocenters. The molecule has 3 rings (SSSR count). The standard InChI is InChI=1S/C17H22N2O3.ClH/c1-11-7-12(8-18)9-19(11)17(20)16-14(10-21-2)13-5-3-4-6-15(13)22-16;/h3-6,11-12H,7-10,18H2,1-2H3;1H. The van der Waals surface area contributed by atoms with Gasteiger partial charge in [0.1, 0.15) is 5.58 Å². The van der Waals surface area contributed by atoms with Crippen molar-refractivity contribution in [1.82, 2.24) is 4.90 Å². The third kappa shape index (κ3) is 3.22. The van der Waals surface area contributed by atoms with Crippen LogP contribution in [0.2, 0.25) is 0 Å². The van der Waals surface area contributed by atoms with Gasteiger partial charge in [0.25, 0.3) is 5.91 Å². The molecule has 0 saturated carbocycles. The summed E-state index contributed by atoms with van der Waals surface area (Å²) in [6.07, 6.45) is 0.947. The number of hydrogen-bond acceptors (Lipinski definition) is 4. The van der Waals surface area contributed by atoms with Crippen LogP contribution in [-0.4, -0.2) is 37.0 Å². The maximum atomic E-state index is 12.9. The van der Waals surface area contributed by atoms with Crippen LogP contribution >= 0.6 is 12.4 Å². The second-order valence-electron chi connectivity index (χ2n) is 5.98. The molecule has 1 saturated heterocycles. The summed E-state index contributed by atoms with van der Waals surface area (Å²) in [6, 6.07) is 7.86. The minimum atomic E-state index is -0.0632. The van der Waals surface area contributed by atoms with Crippen LogP contribution < -0.4 is 5.73 Å². The molecule has 1 aliphatic rings. The van der Waals surface area contributed by atoms with Crippen molar-refractivity contribution < 1.29 is 13.9 Å². The van der Waals surface area contributed by atoms with Crippen LogP contribution in [0.5, 0.6) is 0 Å². The van der Waals surface area contributed by atoms with Gasteiger partial charge in [-0.25, -0.2) is 0 Å². The quantitative estimate of drug-likeness (QED) is 0.930. The minimum absolute atomic E-state index is 0. The predicted molar refractivity (Wildman–Crippen MR) is 91.8 cm³/mol. The van der Waals surface area contributed by atoms with Crippen molar-refractivity contribution in [2.75, 3.05) is 20.2 Å². The number of halogens is 1. The maximum absolute atomic E-state index is 12.9. The Hall–Kier alpha value is -1.56. The maximum Gasteiger partial charge on any atom is 0.290 e. The number of nitrogens with two attached hydrogens (primary N) is 1. The Morgan fingerprint density at radius 3 is 2.83 bits per heavy atom. The molecule has 0 aliphatic carbocycles. The van der Waals surface area contributed by atoms with Crippen molar-refractivity contribution in [2.24, 2.45) is 11.7 Å². The lowest BCUT2D eigenvalue weighted by atomic mass is 10.1. The largest absolute Gasteiger partial charge is 0.451 e. The topological polar surface area (TPSA) is 68.7 Å². The van der Waals surface area contributed by atoms with Crippen LogP contribution in [0.4, 0.5) is 0 Å². The van der Waals surface area contributed by atoms with Crippen LogP contribution in [0.25, 0.3) is 11.0 Å². The fourth-order valence-corrected chi connectivity index (χ4v) is 3.29. The SMILES string of the molecule is COCc1c(C(=O)N2CC(CN)CC2C)oc2ccccc12.Cl. The Morgan fingerprint density at radius 2 is 2.17 bits per heavy atom. The van der Waals surface area contributed by atoms with Crippen molar-refractivity contribution in [3.8, 4) is 0 Å². The summed E-state index contributed by atoms with van der Waals surface area (Å²) in [4.78, 5) is 14.8. The first-order chi connectivity index (χ1) is 10.7. The van der Waals surface area contributed by atoms with E-state index in [0.717, 1.165) is 23.0 Å². The van der Waals surface area contributed by atoms with E-state index in [1.54, 1.807) is 7.11 Å². The van der Waals surface area contributed by atoms with Gasteiger partial charge in [-0.3, -0.25) is 4.79 Å². The van der Waals surface area contributed by atoms with E-state index < -0.39 is 0 Å². The normalized spacial score (nSPS) is 20.7. The lowest BCUT2D eigenvalue weighted by Gasteiger charge is -2.20. The molecular formula is C17H23ClN2O3. The highest BCUT2D eigenvalue weighted by Crippen LogP contribution is 2.30. The van der Waals surface area contributed by atoms with E-state index in [4.69, 9.17) is 14.9 Å². The molecule has 2 aromatic rings. The van der Waals surface area contributed by atoms with Gasteiger partial charge in [-0.15, -0.1) is 12.4 Å². The molecule has 0 radical (unpaired) electrons. The molecule has 2 N–H and O–H groups in total. The van der Waals surface area contributed by atoms with E-state index in [1.807, 2.05) is 29.2 Å². The number of para-hydroxylation sites is 1. The monoisotopic (exact) mass is 338 g/mol. The van der Waals surface area contributed by atoms with Crippen molar-refractivity contribution in [3.05, 3.63) is 35.6 Å². The lowest BCUT2D eigenvalue weighted by Crippen LogP contribution is -2.34. The minimum Gasteiger partial charge on any atom is -0.451 e. The third-order valence-electron chi connectivity index (χ3n) is 4.44. The van der Waals surface area contributed by atoms with Crippen molar-refractivity contribution in [1.29, 1.82) is 0 Å². The summed E-state index contributed by atoms with van der Waals surface area (Å²) in [5.41, 5.74) is 7.30. The second kappa shape index (κ2) is 7.34. The van der Waals surface area contributed by atoms with Crippen molar-refractivity contribution >= 4 is 29.3 Å². The molecule has 126 valence electrons. The number of likely N-dealkylation sites (tertiary alicyclic amines) is 1. The zero-order valence-electron chi connectivity index (χ0n) is 13.5. The summed E-state index contributed by atoms with van der Waals surface area (Å²) in [5.74, 6) is 0.702. The lowest BCUT2D eigenvalue weighted by molar-refractivity contribution is 0.0707. The van der Waals surface area contributed by atoms with Gasteiger partial charge in [0.2, 0.25) is 0 Å². The van der Waals surface area contributed by atoms with E-state index in [2.05, 4.69) is 6.92 Å². The van der Waals surface area contributed by atoms with Gasteiger partial charge in [-0.05, 0) is 31.9 Å². The molecule has 0 bridgehead atoms. The number of carbonyl (C=O) groups is 1. The van der Waals surface area contributed by atoms with Gasteiger partial charge >= 0.3 is 0 Å². The van der Waals surface area contributed by atoms with E-state index >= 15 is 0 Å². The fourth-order valence-electron chi connectivity index (χ4n) is 3.29. The van der Waals surface area contributed by atoms with E-state index in [1.165, 1.54) is 0 Å². The van der Waals surface area contributed by atoms with E-state index in [-0.39, 0.29) is 24.4 Å². The number of rotatable bonds is 4. The number of fused-ring (bicyclic) bond motifs is 1. The van der Waals surface area contributed by atoms with E-state index in [0.29, 0.717) is 31.4 Å². The zero-order valence-corrected chi connectivity index (χ0v) is 14.3. The molecule has 23 heavy (non-hydrogen) atoms. The fraction of sp³-hybridized carbons (Fsp3) is 0.471. The van der Waals surface area contributed by atoms with Gasteiger partial charge in [0, 0.05) is 30.6 Å². The molecule has 1 aromatic heterocycles. The third-order valence-corrected chi connectivity index (χ3v) is 4.44. The highest BCUT2D eigenvalue weighted by molar-refractivity contribution is 5.99. The van der Waals surface area contributed by atoms with Gasteiger partial charge in [0.05, 0.1) is 6.61 Å². The number of furan rings is 1. The molecule has 5 nitrogen and oxygen atoms in total. The summed E-state index contributed by atoms with van der Waals surface area (Å²) < 4.78 is 11.1. The average Bonchev–Trinajstić information content (AvgIpc) is 3.08. The molecule has 1 aromatic carbocycles. The molecule has 1 aliphatic heterocycles. The number of hydrogen-bond donors (Lipinski definition) is 1. The predicted octanol–water partition coefficient (Wildman–Crippen LogP) is 2.81. The van der Waals surface area contributed by atoms with Gasteiger partial charge in [0.15, 0.2) is 5.76 Å². The molecule has 2 atom stereocenters. The molecule has 6 heteroatoms. The zero-order chi connectivity index (χ0) is 15.7. The number of amides is 1. The van der Waals surface area contributed by atoms with Gasteiger partial charge < -0.3 is 19.8 Å². The second-order valence-corrected chi connectivity index (χ2v) is 5.98. The summed E-state index contributed by atoms with van der Waals surface area (Å²) >= 11 is 0. The van der Waals surface area contributed by atoms with Crippen LogP contribution in [0.1, 0.15) is 29.5 Å². The van der Waals surface area contributed by atoms with E-state index in [9.17, 15) is 4.79 Å². The Balaban J connectivity index is 0.00000192. The number of methoxy groups -OCH3 is 1. The number of nitrogens with zero attached hydrogens (tertiary/aromatic N) is 1. The number of benzene rings is 1. The smallest absolute Gasteiger partial charge is 0.290 e. The number of carbonyl (C=O) groups excluding carboxylic acids is 1. The van der Waals surface area contributed by atoms with Gasteiger partial charge in [-0.1, -0.05) is 18.2 Å². The van der Waals surface area contributed by atoms with Crippen molar-refractivity contribution in [3.63, 3.8) is 0 Å². The molecule has 0 spiro atoms. The van der Waals surface area contributed by atoms with Crippen LogP contribution in [-0.2, 0) is 11.3 Å². The van der Waals surface area contributed by atoms with Crippen molar-refractivity contribution in [2.45, 2.75) is 26.0 Å². The summed E-state index contributed by atoms with van der Waals surface area (Å²) in [5, 5.41) is 0.940. The Labute approximate surface area is 142 Å². The summed E-state index contributed by atoms with van der Waals surface area (Å²) in [7, 11) is 1.62. The Bertz CT molecular complexity index is 686. The van der Waals surface area contributed by atoms with Crippen LogP contribution in [0, 0.1) is 5.92 Å². The molecule has 1 fully saturated rings. The first-order valence-corrected chi connectivity index (χ1v) is 7.66. The first-order valence-electron chi connectivity index (χ1n) is 7.66.